The molecule has 0 radical (unpaired) electrons. The predicted octanol–water partition coefficient (Wildman–Crippen LogP) is 4.73. The maximum absolute atomic E-state index is 15.0. The number of nitrogens with zero attached hydrogens (tertiary/aromatic N) is 2. The van der Waals surface area contributed by atoms with E-state index in [0.29, 0.717) is 35.8 Å². The highest BCUT2D eigenvalue weighted by atomic mass is 32.1. The largest absolute Gasteiger partial charge is 0.443 e. The lowest BCUT2D eigenvalue weighted by Gasteiger charge is -2.15. The summed E-state index contributed by atoms with van der Waals surface area (Å²) >= 11 is 1.96. The van der Waals surface area contributed by atoms with Crippen LogP contribution in [0.2, 0.25) is 0 Å². The maximum Gasteiger partial charge on any atom is 0.422 e. The molecule has 0 bridgehead atoms. The highest BCUT2D eigenvalue weighted by Crippen LogP contribution is 2.37. The van der Waals surface area contributed by atoms with Gasteiger partial charge in [0.1, 0.15) is 23.2 Å². The van der Waals surface area contributed by atoms with Crippen molar-refractivity contribution in [3.63, 3.8) is 0 Å². The van der Waals surface area contributed by atoms with Crippen LogP contribution < -0.4 is 15.9 Å². The van der Waals surface area contributed by atoms with Crippen molar-refractivity contribution in [2.45, 2.75) is 45.1 Å². The molecule has 0 fully saturated rings. The maximum atomic E-state index is 15.0. The molecule has 3 N–H and O–H groups in total. The van der Waals surface area contributed by atoms with E-state index >= 15 is 0 Å². The minimum atomic E-state index is -5.32. The van der Waals surface area contributed by atoms with Gasteiger partial charge in [0.05, 0.1) is 22.7 Å². The molecule has 0 spiro atoms. The molecular weight excluding hydrogens is 567 g/mol. The van der Waals surface area contributed by atoms with Crippen LogP contribution in [0.25, 0.3) is 11.3 Å². The van der Waals surface area contributed by atoms with Gasteiger partial charge in [-0.25, -0.2) is 8.78 Å². The number of thiazole rings is 1. The summed E-state index contributed by atoms with van der Waals surface area (Å²) < 4.78 is 75.1. The van der Waals surface area contributed by atoms with Crippen molar-refractivity contribution < 1.29 is 41.1 Å². The molecule has 0 saturated heterocycles. The third kappa shape index (κ3) is 6.78. The second kappa shape index (κ2) is 12.6. The van der Waals surface area contributed by atoms with E-state index in [4.69, 9.17) is 10.5 Å². The van der Waals surface area contributed by atoms with Crippen molar-refractivity contribution in [2.24, 2.45) is 10.7 Å². The first-order chi connectivity index (χ1) is 18.4. The summed E-state index contributed by atoms with van der Waals surface area (Å²) in [5.74, 6) is -5.24. The van der Waals surface area contributed by atoms with Crippen molar-refractivity contribution in [1.29, 1.82) is 0 Å². The van der Waals surface area contributed by atoms with Crippen molar-refractivity contribution >= 4 is 45.8 Å². The Labute approximate surface area is 226 Å². The van der Waals surface area contributed by atoms with Crippen molar-refractivity contribution in [3.8, 4) is 11.3 Å². The van der Waals surface area contributed by atoms with E-state index in [0.717, 1.165) is 22.0 Å². The smallest absolute Gasteiger partial charge is 0.422 e. The third-order valence-electron chi connectivity index (χ3n) is 5.50. The van der Waals surface area contributed by atoms with Crippen LogP contribution in [-0.2, 0) is 33.7 Å². The average Bonchev–Trinajstić information content (AvgIpc) is 3.44. The molecule has 0 aliphatic heterocycles. The first-order valence-electron chi connectivity index (χ1n) is 11.4. The van der Waals surface area contributed by atoms with E-state index in [9.17, 15) is 36.3 Å². The van der Waals surface area contributed by atoms with Gasteiger partial charge in [-0.05, 0) is 29.5 Å². The number of hydrogen-bond donors (Lipinski definition) is 2. The van der Waals surface area contributed by atoms with Gasteiger partial charge in [-0.15, -0.1) is 22.7 Å². The first kappa shape index (κ1) is 30.1. The quantitative estimate of drug-likeness (QED) is 0.201. The van der Waals surface area contributed by atoms with Crippen LogP contribution in [0.4, 0.5) is 27.0 Å². The van der Waals surface area contributed by atoms with Crippen LogP contribution in [0.3, 0.4) is 0 Å². The number of ether oxygens (including phenoxy) is 1. The second-order valence-electron chi connectivity index (χ2n) is 8.15. The Hall–Kier alpha value is -3.43. The number of nitrogens with two attached hydrogens (primary N) is 1. The van der Waals surface area contributed by atoms with Gasteiger partial charge in [-0.2, -0.15) is 18.2 Å². The molecule has 0 saturated carbocycles. The number of carbonyl (C=O) groups is 3. The minimum absolute atomic E-state index is 0.138. The SMILES string of the molecule is CCC[C@H](N)C(=O)OCn1c(-c2ccc(F)c(C(F)(F)F)c2F)csc1=NC(=O)Cc1csc(NC)c1C=O. The number of amides is 1. The Morgan fingerprint density at radius 1 is 1.23 bits per heavy atom. The number of anilines is 1. The Kier molecular flexibility index (Phi) is 9.74. The van der Waals surface area contributed by atoms with E-state index < -0.39 is 53.6 Å². The van der Waals surface area contributed by atoms with Crippen LogP contribution in [0.15, 0.2) is 27.9 Å². The van der Waals surface area contributed by atoms with Crippen LogP contribution >= 0.6 is 22.7 Å². The van der Waals surface area contributed by atoms with E-state index in [1.54, 1.807) is 19.4 Å². The lowest BCUT2D eigenvalue weighted by atomic mass is 10.1. The zero-order chi connectivity index (χ0) is 28.9. The summed E-state index contributed by atoms with van der Waals surface area (Å²) in [6.07, 6.45) is -4.15. The van der Waals surface area contributed by atoms with Crippen molar-refractivity contribution in [3.05, 3.63) is 56.0 Å². The monoisotopic (exact) mass is 590 g/mol. The molecule has 3 rings (SSSR count). The Balaban J connectivity index is 2.08. The molecule has 210 valence electrons. The number of carbonyl (C=O) groups excluding carboxylic acids is 3. The van der Waals surface area contributed by atoms with Gasteiger partial charge in [-0.1, -0.05) is 13.3 Å². The molecule has 39 heavy (non-hydrogen) atoms. The predicted molar refractivity (Wildman–Crippen MR) is 135 cm³/mol. The summed E-state index contributed by atoms with van der Waals surface area (Å²) in [7, 11) is 1.61. The molecule has 2 heterocycles. The molecule has 1 amide bonds. The fraction of sp³-hybridized carbons (Fsp3) is 0.333. The normalized spacial score (nSPS) is 12.9. The summed E-state index contributed by atoms with van der Waals surface area (Å²) in [5.41, 5.74) is 3.44. The van der Waals surface area contributed by atoms with Crippen LogP contribution in [0.1, 0.15) is 41.3 Å². The van der Waals surface area contributed by atoms with E-state index in [1.807, 2.05) is 0 Å². The number of aromatic nitrogens is 1. The zero-order valence-corrected chi connectivity index (χ0v) is 22.2. The molecule has 15 heteroatoms. The van der Waals surface area contributed by atoms with E-state index in [2.05, 4.69) is 10.3 Å². The highest BCUT2D eigenvalue weighted by Gasteiger charge is 2.39. The zero-order valence-electron chi connectivity index (χ0n) is 20.6. The lowest BCUT2D eigenvalue weighted by Crippen LogP contribution is -2.33. The van der Waals surface area contributed by atoms with Gasteiger partial charge in [0.15, 0.2) is 17.8 Å². The number of halogens is 5. The van der Waals surface area contributed by atoms with E-state index in [-0.39, 0.29) is 22.5 Å². The highest BCUT2D eigenvalue weighted by molar-refractivity contribution is 7.14. The van der Waals surface area contributed by atoms with Crippen molar-refractivity contribution in [2.75, 3.05) is 12.4 Å². The molecule has 1 aromatic carbocycles. The number of alkyl halides is 3. The van der Waals surface area contributed by atoms with Crippen molar-refractivity contribution in [1.82, 2.24) is 4.57 Å². The molecule has 0 aliphatic rings. The molecule has 1 atom stereocenters. The fourth-order valence-corrected chi connectivity index (χ4v) is 5.40. The molecular formula is C24H23F5N4O4S2. The summed E-state index contributed by atoms with van der Waals surface area (Å²) in [6, 6.07) is 0.279. The second-order valence-corrected chi connectivity index (χ2v) is 9.87. The topological polar surface area (TPSA) is 116 Å². The number of rotatable bonds is 10. The van der Waals surface area contributed by atoms with Crippen LogP contribution in [0.5, 0.6) is 0 Å². The summed E-state index contributed by atoms with van der Waals surface area (Å²) in [4.78, 5) is 40.3. The standard InChI is InChI=1S/C24H23F5N4O4S2/c1-3-4-16(30)22(36)37-11-33-17(13-5-6-15(25)19(20(13)26)24(27,28)29)10-39-23(33)32-18(35)7-12-9-38-21(31-2)14(12)8-34/h5-6,8-10,16,31H,3-4,7,11,30H2,1-2H3/t16-/m0/s1. The Morgan fingerprint density at radius 3 is 2.56 bits per heavy atom. The van der Waals surface area contributed by atoms with Gasteiger partial charge in [-0.3, -0.25) is 19.0 Å². The first-order valence-corrected chi connectivity index (χ1v) is 13.2. The number of aldehydes is 1. The van der Waals surface area contributed by atoms with Gasteiger partial charge < -0.3 is 15.8 Å². The van der Waals surface area contributed by atoms with Crippen LogP contribution in [0, 0.1) is 11.6 Å². The van der Waals surface area contributed by atoms with Crippen LogP contribution in [-0.4, -0.2) is 35.8 Å². The number of thiophene rings is 1. The average molecular weight is 591 g/mol. The lowest BCUT2D eigenvalue weighted by molar-refractivity contribution is -0.149. The number of nitrogens with one attached hydrogen (secondary N) is 1. The van der Waals surface area contributed by atoms with Gasteiger partial charge >= 0.3 is 12.1 Å². The van der Waals surface area contributed by atoms with Gasteiger partial charge in [0.2, 0.25) is 0 Å². The Morgan fingerprint density at radius 2 is 1.95 bits per heavy atom. The molecule has 2 aromatic heterocycles. The van der Waals surface area contributed by atoms with Gasteiger partial charge in [0.25, 0.3) is 5.91 Å². The number of esters is 1. The van der Waals surface area contributed by atoms with E-state index in [1.165, 1.54) is 16.7 Å². The summed E-state index contributed by atoms with van der Waals surface area (Å²) in [6.45, 7) is 1.13. The third-order valence-corrected chi connectivity index (χ3v) is 7.43. The van der Waals surface area contributed by atoms with Gasteiger partial charge in [0, 0.05) is 18.0 Å². The number of benzene rings is 1. The summed E-state index contributed by atoms with van der Waals surface area (Å²) in [5, 5.41) is 6.17. The molecule has 3 aromatic rings. The molecule has 8 nitrogen and oxygen atoms in total. The molecule has 0 aliphatic carbocycles. The minimum Gasteiger partial charge on any atom is -0.443 e. The fourth-order valence-electron chi connectivity index (χ4n) is 3.61. The Bertz CT molecular complexity index is 1450. The number of hydrogen-bond acceptors (Lipinski definition) is 8. The molecule has 0 unspecified atom stereocenters.